The van der Waals surface area contributed by atoms with Crippen LogP contribution < -0.4 is 10.2 Å². The first-order valence-electron chi connectivity index (χ1n) is 13.6. The maximum Gasteiger partial charge on any atom is 0.290 e. The van der Waals surface area contributed by atoms with Crippen molar-refractivity contribution in [3.63, 3.8) is 0 Å². The molecule has 0 spiro atoms. The quantitative estimate of drug-likeness (QED) is 0.329. The number of fused-ring (bicyclic) bond motifs is 2. The van der Waals surface area contributed by atoms with Gasteiger partial charge in [-0.2, -0.15) is 0 Å². The highest BCUT2D eigenvalue weighted by molar-refractivity contribution is 5.99. The first-order valence-corrected chi connectivity index (χ1v) is 13.6. The third-order valence-electron chi connectivity index (χ3n) is 7.64. The smallest absolute Gasteiger partial charge is 0.290 e. The van der Waals surface area contributed by atoms with Gasteiger partial charge in [-0.15, -0.1) is 0 Å². The summed E-state index contributed by atoms with van der Waals surface area (Å²) >= 11 is 0. The van der Waals surface area contributed by atoms with Crippen LogP contribution in [-0.2, 0) is 17.8 Å². The second kappa shape index (κ2) is 11.0. The molecule has 39 heavy (non-hydrogen) atoms. The van der Waals surface area contributed by atoms with Crippen LogP contribution in [-0.4, -0.2) is 55.1 Å². The SMILES string of the molecule is CCc1ccc2oc3c(c(=O)c2c1)C(c1ccc(OCc2ccccc2)cc1)N(CCN1CCOCC1)C3=O. The molecule has 1 atom stereocenters. The number of morpholine rings is 1. The van der Waals surface area contributed by atoms with Crippen molar-refractivity contribution in [3.05, 3.63) is 111 Å². The van der Waals surface area contributed by atoms with Gasteiger partial charge in [-0.25, -0.2) is 0 Å². The number of carbonyl (C=O) groups excluding carboxylic acids is 1. The van der Waals surface area contributed by atoms with Crippen LogP contribution in [0.4, 0.5) is 0 Å². The van der Waals surface area contributed by atoms with Gasteiger partial charge in [0.15, 0.2) is 5.43 Å². The van der Waals surface area contributed by atoms with Gasteiger partial charge in [0.25, 0.3) is 5.91 Å². The summed E-state index contributed by atoms with van der Waals surface area (Å²) in [4.78, 5) is 31.7. The maximum absolute atomic E-state index is 13.9. The van der Waals surface area contributed by atoms with Gasteiger partial charge in [0.2, 0.25) is 5.76 Å². The van der Waals surface area contributed by atoms with Crippen molar-refractivity contribution in [2.75, 3.05) is 39.4 Å². The summed E-state index contributed by atoms with van der Waals surface area (Å²) in [6.45, 7) is 6.73. The first-order chi connectivity index (χ1) is 19.1. The number of amides is 1. The van der Waals surface area contributed by atoms with E-state index in [-0.39, 0.29) is 17.1 Å². The number of rotatable bonds is 8. The Bertz CT molecular complexity index is 1520. The monoisotopic (exact) mass is 524 g/mol. The average Bonchev–Trinajstić information content (AvgIpc) is 3.27. The molecule has 3 aromatic carbocycles. The summed E-state index contributed by atoms with van der Waals surface area (Å²) < 4.78 is 17.6. The van der Waals surface area contributed by atoms with E-state index in [1.165, 1.54) is 0 Å². The van der Waals surface area contributed by atoms with Crippen molar-refractivity contribution in [3.8, 4) is 5.75 Å². The number of benzene rings is 3. The fourth-order valence-electron chi connectivity index (χ4n) is 5.43. The van der Waals surface area contributed by atoms with Crippen LogP contribution in [0.15, 0.2) is 82.0 Å². The molecule has 2 aliphatic heterocycles. The summed E-state index contributed by atoms with van der Waals surface area (Å²) in [5, 5.41) is 0.517. The lowest BCUT2D eigenvalue weighted by Gasteiger charge is -2.31. The fraction of sp³-hybridized carbons (Fsp3) is 0.312. The Morgan fingerprint density at radius 2 is 1.67 bits per heavy atom. The minimum absolute atomic E-state index is 0.141. The second-order valence-electron chi connectivity index (χ2n) is 10.1. The normalized spacial score (nSPS) is 17.5. The molecule has 0 bridgehead atoms. The van der Waals surface area contributed by atoms with Gasteiger partial charge in [0.05, 0.1) is 30.2 Å². The highest BCUT2D eigenvalue weighted by Crippen LogP contribution is 2.38. The number of carbonyl (C=O) groups is 1. The van der Waals surface area contributed by atoms with Gasteiger partial charge < -0.3 is 18.8 Å². The molecule has 0 radical (unpaired) electrons. The standard InChI is InChI=1S/C32H32N2O5/c1-2-22-8-13-27-26(20-22)30(35)28-29(24-9-11-25(12-10-24)38-21-23-6-4-3-5-7-23)34(32(36)31(28)39-27)15-14-33-16-18-37-19-17-33/h3-13,20,29H,2,14-19,21H2,1H3. The van der Waals surface area contributed by atoms with E-state index in [1.807, 2.05) is 66.7 Å². The van der Waals surface area contributed by atoms with Crippen molar-refractivity contribution in [1.82, 2.24) is 9.80 Å². The predicted octanol–water partition coefficient (Wildman–Crippen LogP) is 4.81. The predicted molar refractivity (Wildman–Crippen MR) is 149 cm³/mol. The van der Waals surface area contributed by atoms with E-state index in [9.17, 15) is 9.59 Å². The lowest BCUT2D eigenvalue weighted by atomic mass is 9.98. The van der Waals surface area contributed by atoms with Crippen LogP contribution in [0.25, 0.3) is 11.0 Å². The number of ether oxygens (including phenoxy) is 2. The summed E-state index contributed by atoms with van der Waals surface area (Å²) in [7, 11) is 0. The molecular weight excluding hydrogens is 492 g/mol. The van der Waals surface area contributed by atoms with Crippen LogP contribution >= 0.6 is 0 Å². The zero-order valence-electron chi connectivity index (χ0n) is 22.1. The average molecular weight is 525 g/mol. The molecule has 0 aliphatic carbocycles. The van der Waals surface area contributed by atoms with Gasteiger partial charge in [0, 0.05) is 26.2 Å². The van der Waals surface area contributed by atoms with Crippen molar-refractivity contribution in [2.24, 2.45) is 0 Å². The van der Waals surface area contributed by atoms with Crippen LogP contribution in [0.1, 0.15) is 45.8 Å². The van der Waals surface area contributed by atoms with Gasteiger partial charge in [0.1, 0.15) is 17.9 Å². The molecule has 1 saturated heterocycles. The van der Waals surface area contributed by atoms with Crippen LogP contribution in [0.5, 0.6) is 5.75 Å². The Kier molecular flexibility index (Phi) is 7.18. The van der Waals surface area contributed by atoms with E-state index < -0.39 is 6.04 Å². The van der Waals surface area contributed by atoms with Crippen LogP contribution in [0, 0.1) is 0 Å². The van der Waals surface area contributed by atoms with Crippen LogP contribution in [0.3, 0.4) is 0 Å². The van der Waals surface area contributed by atoms with Gasteiger partial charge in [-0.3, -0.25) is 14.5 Å². The van der Waals surface area contributed by atoms with E-state index >= 15 is 0 Å². The van der Waals surface area contributed by atoms with Crippen molar-refractivity contribution in [2.45, 2.75) is 26.0 Å². The van der Waals surface area contributed by atoms with E-state index in [2.05, 4.69) is 11.8 Å². The number of hydrogen-bond acceptors (Lipinski definition) is 6. The molecule has 1 amide bonds. The van der Waals surface area contributed by atoms with Gasteiger partial charge in [-0.05, 0) is 47.4 Å². The minimum Gasteiger partial charge on any atom is -0.489 e. The highest BCUT2D eigenvalue weighted by Gasteiger charge is 2.42. The van der Waals surface area contributed by atoms with Gasteiger partial charge in [-0.1, -0.05) is 55.5 Å². The third kappa shape index (κ3) is 5.07. The Balaban J connectivity index is 1.35. The zero-order chi connectivity index (χ0) is 26.8. The molecule has 200 valence electrons. The number of nitrogens with zero attached hydrogens (tertiary/aromatic N) is 2. The topological polar surface area (TPSA) is 72.2 Å². The summed E-state index contributed by atoms with van der Waals surface area (Å²) in [6, 6.07) is 22.8. The van der Waals surface area contributed by atoms with Crippen molar-refractivity contribution in [1.29, 1.82) is 0 Å². The lowest BCUT2D eigenvalue weighted by molar-refractivity contribution is 0.0314. The first kappa shape index (κ1) is 25.3. The Hall–Kier alpha value is -3.94. The molecule has 4 aromatic rings. The zero-order valence-corrected chi connectivity index (χ0v) is 22.1. The molecular formula is C32H32N2O5. The molecule has 0 N–H and O–H groups in total. The Morgan fingerprint density at radius 1 is 0.897 bits per heavy atom. The van der Waals surface area contributed by atoms with Crippen molar-refractivity contribution < 1.29 is 18.7 Å². The molecule has 1 unspecified atom stereocenters. The van der Waals surface area contributed by atoms with E-state index in [0.29, 0.717) is 49.4 Å². The summed E-state index contributed by atoms with van der Waals surface area (Å²) in [6.07, 6.45) is 0.810. The second-order valence-corrected chi connectivity index (χ2v) is 10.1. The molecule has 1 aromatic heterocycles. The summed E-state index contributed by atoms with van der Waals surface area (Å²) in [5.74, 6) is 0.629. The summed E-state index contributed by atoms with van der Waals surface area (Å²) in [5.41, 5.74) is 3.72. The largest absolute Gasteiger partial charge is 0.489 e. The van der Waals surface area contributed by atoms with Crippen molar-refractivity contribution >= 4 is 16.9 Å². The van der Waals surface area contributed by atoms with E-state index in [1.54, 1.807) is 11.0 Å². The van der Waals surface area contributed by atoms with Gasteiger partial charge >= 0.3 is 0 Å². The van der Waals surface area contributed by atoms with Crippen LogP contribution in [0.2, 0.25) is 0 Å². The van der Waals surface area contributed by atoms with E-state index in [0.717, 1.165) is 42.0 Å². The highest BCUT2D eigenvalue weighted by atomic mass is 16.5. The Labute approximate surface area is 227 Å². The maximum atomic E-state index is 13.9. The Morgan fingerprint density at radius 3 is 2.41 bits per heavy atom. The third-order valence-corrected chi connectivity index (χ3v) is 7.64. The molecule has 6 rings (SSSR count). The fourth-order valence-corrected chi connectivity index (χ4v) is 5.43. The molecule has 2 aliphatic rings. The minimum atomic E-state index is -0.525. The van der Waals surface area contributed by atoms with E-state index in [4.69, 9.17) is 13.9 Å². The molecule has 7 nitrogen and oxygen atoms in total. The molecule has 1 fully saturated rings. The molecule has 7 heteroatoms. The number of aryl methyl sites for hydroxylation is 1. The molecule has 0 saturated carbocycles. The number of hydrogen-bond donors (Lipinski definition) is 0. The molecule has 3 heterocycles. The lowest BCUT2D eigenvalue weighted by Crippen LogP contribution is -2.42.